The second-order valence-corrected chi connectivity index (χ2v) is 6.37. The third kappa shape index (κ3) is 3.84. The monoisotopic (exact) mass is 290 g/mol. The van der Waals surface area contributed by atoms with Crippen LogP contribution in [0.3, 0.4) is 0 Å². The summed E-state index contributed by atoms with van der Waals surface area (Å²) < 4.78 is 0. The molecule has 2 heterocycles. The lowest BCUT2D eigenvalue weighted by Crippen LogP contribution is -2.44. The van der Waals surface area contributed by atoms with Gasteiger partial charge in [0.1, 0.15) is 0 Å². The van der Waals surface area contributed by atoms with Gasteiger partial charge in [-0.2, -0.15) is 0 Å². The number of hydrogen-bond donors (Lipinski definition) is 2. The number of H-pyrrole nitrogens is 1. The van der Waals surface area contributed by atoms with Crippen molar-refractivity contribution in [2.75, 3.05) is 19.6 Å². The molecule has 1 aromatic heterocycles. The van der Waals surface area contributed by atoms with Gasteiger partial charge in [-0.15, -0.1) is 0 Å². The summed E-state index contributed by atoms with van der Waals surface area (Å²) in [4.78, 5) is 21.9. The van der Waals surface area contributed by atoms with Crippen LogP contribution in [0.4, 0.5) is 0 Å². The first-order valence-corrected chi connectivity index (χ1v) is 8.32. The molecular weight excluding hydrogens is 264 g/mol. The Morgan fingerprint density at radius 3 is 2.71 bits per heavy atom. The van der Waals surface area contributed by atoms with E-state index < -0.39 is 0 Å². The highest BCUT2D eigenvalue weighted by Crippen LogP contribution is 2.27. The first-order valence-electron chi connectivity index (χ1n) is 8.32. The van der Waals surface area contributed by atoms with Crippen LogP contribution in [0.25, 0.3) is 0 Å². The lowest BCUT2D eigenvalue weighted by Gasteiger charge is -2.35. The van der Waals surface area contributed by atoms with E-state index in [4.69, 9.17) is 0 Å². The van der Waals surface area contributed by atoms with Gasteiger partial charge in [-0.05, 0) is 38.8 Å². The van der Waals surface area contributed by atoms with Gasteiger partial charge < -0.3 is 15.2 Å². The molecule has 3 rings (SSSR count). The zero-order chi connectivity index (χ0) is 14.5. The molecule has 0 atom stereocenters. The highest BCUT2D eigenvalue weighted by molar-refractivity contribution is 5.78. The van der Waals surface area contributed by atoms with E-state index in [1.54, 1.807) is 6.33 Å². The molecule has 1 saturated heterocycles. The highest BCUT2D eigenvalue weighted by Gasteiger charge is 2.29. The molecule has 0 unspecified atom stereocenters. The van der Waals surface area contributed by atoms with Crippen LogP contribution in [-0.4, -0.2) is 46.5 Å². The molecule has 1 amide bonds. The van der Waals surface area contributed by atoms with Crippen molar-refractivity contribution in [1.29, 1.82) is 0 Å². The SMILES string of the molecule is O=C(NCCc1cnc[nH]1)C1CCN(C2CCCC2)CC1. The van der Waals surface area contributed by atoms with E-state index in [-0.39, 0.29) is 11.8 Å². The number of piperidine rings is 1. The van der Waals surface area contributed by atoms with Crippen molar-refractivity contribution in [3.8, 4) is 0 Å². The summed E-state index contributed by atoms with van der Waals surface area (Å²) in [6, 6.07) is 0.800. The van der Waals surface area contributed by atoms with E-state index in [1.807, 2.05) is 6.20 Å². The summed E-state index contributed by atoms with van der Waals surface area (Å²) in [5.74, 6) is 0.449. The molecule has 0 bridgehead atoms. The van der Waals surface area contributed by atoms with Crippen LogP contribution < -0.4 is 5.32 Å². The highest BCUT2D eigenvalue weighted by atomic mass is 16.1. The largest absolute Gasteiger partial charge is 0.355 e. The van der Waals surface area contributed by atoms with Gasteiger partial charge in [0.25, 0.3) is 0 Å². The first kappa shape index (κ1) is 14.6. The van der Waals surface area contributed by atoms with E-state index in [9.17, 15) is 4.79 Å². The molecule has 2 aliphatic rings. The molecule has 1 aliphatic heterocycles. The number of hydrogen-bond acceptors (Lipinski definition) is 3. The average molecular weight is 290 g/mol. The fourth-order valence-electron chi connectivity index (χ4n) is 3.68. The lowest BCUT2D eigenvalue weighted by atomic mass is 9.94. The number of carbonyl (C=O) groups excluding carboxylic acids is 1. The van der Waals surface area contributed by atoms with Crippen LogP contribution in [0.2, 0.25) is 0 Å². The van der Waals surface area contributed by atoms with Crippen LogP contribution in [0.5, 0.6) is 0 Å². The molecule has 5 nitrogen and oxygen atoms in total. The molecule has 0 radical (unpaired) electrons. The maximum absolute atomic E-state index is 12.2. The summed E-state index contributed by atoms with van der Waals surface area (Å²) in [6.45, 7) is 2.90. The molecular formula is C16H26N4O. The van der Waals surface area contributed by atoms with Gasteiger partial charge in [0.15, 0.2) is 0 Å². The van der Waals surface area contributed by atoms with E-state index in [2.05, 4.69) is 20.2 Å². The zero-order valence-electron chi connectivity index (χ0n) is 12.7. The zero-order valence-corrected chi connectivity index (χ0v) is 12.7. The molecule has 1 aliphatic carbocycles. The van der Waals surface area contributed by atoms with Crippen molar-refractivity contribution in [3.05, 3.63) is 18.2 Å². The maximum atomic E-state index is 12.2. The summed E-state index contributed by atoms with van der Waals surface area (Å²) in [7, 11) is 0. The van der Waals surface area contributed by atoms with Crippen LogP contribution >= 0.6 is 0 Å². The van der Waals surface area contributed by atoms with Crippen molar-refractivity contribution in [1.82, 2.24) is 20.2 Å². The Bertz CT molecular complexity index is 431. The average Bonchev–Trinajstić information content (AvgIpc) is 3.21. The Labute approximate surface area is 126 Å². The third-order valence-electron chi connectivity index (χ3n) is 4.99. The fraction of sp³-hybridized carbons (Fsp3) is 0.750. The Kier molecular flexibility index (Phi) is 4.91. The minimum Gasteiger partial charge on any atom is -0.355 e. The summed E-state index contributed by atoms with van der Waals surface area (Å²) in [6.07, 6.45) is 11.9. The number of aromatic amines is 1. The number of nitrogens with one attached hydrogen (secondary N) is 2. The molecule has 1 saturated carbocycles. The molecule has 0 aromatic carbocycles. The van der Waals surface area contributed by atoms with Crippen LogP contribution in [0, 0.1) is 5.92 Å². The number of imidazole rings is 1. The molecule has 0 spiro atoms. The Balaban J connectivity index is 1.36. The van der Waals surface area contributed by atoms with Crippen molar-refractivity contribution in [3.63, 3.8) is 0 Å². The molecule has 1 aromatic rings. The van der Waals surface area contributed by atoms with Gasteiger partial charge in [0.2, 0.25) is 5.91 Å². The molecule has 21 heavy (non-hydrogen) atoms. The standard InChI is InChI=1S/C16H26N4O/c21-16(18-8-5-14-11-17-12-19-14)13-6-9-20(10-7-13)15-3-1-2-4-15/h11-13,15H,1-10H2,(H,17,19)(H,18,21). The topological polar surface area (TPSA) is 61.0 Å². The first-order chi connectivity index (χ1) is 10.3. The van der Waals surface area contributed by atoms with Crippen molar-refractivity contribution in [2.45, 2.75) is 51.0 Å². The number of amides is 1. The van der Waals surface area contributed by atoms with Crippen molar-refractivity contribution < 1.29 is 4.79 Å². The molecule has 2 fully saturated rings. The summed E-state index contributed by atoms with van der Waals surface area (Å²) >= 11 is 0. The third-order valence-corrected chi connectivity index (χ3v) is 4.99. The quantitative estimate of drug-likeness (QED) is 0.868. The molecule has 5 heteroatoms. The van der Waals surface area contributed by atoms with Gasteiger partial charge in [-0.25, -0.2) is 4.98 Å². The van der Waals surface area contributed by atoms with Crippen LogP contribution in [0.15, 0.2) is 12.5 Å². The fourth-order valence-corrected chi connectivity index (χ4v) is 3.68. The second-order valence-electron chi connectivity index (χ2n) is 6.37. The van der Waals surface area contributed by atoms with Gasteiger partial charge in [0, 0.05) is 36.8 Å². The lowest BCUT2D eigenvalue weighted by molar-refractivity contribution is -0.126. The van der Waals surface area contributed by atoms with Crippen molar-refractivity contribution in [2.24, 2.45) is 5.92 Å². The maximum Gasteiger partial charge on any atom is 0.223 e. The van der Waals surface area contributed by atoms with Gasteiger partial charge in [-0.1, -0.05) is 12.8 Å². The summed E-state index contributed by atoms with van der Waals surface area (Å²) in [5, 5.41) is 3.07. The number of nitrogens with zero attached hydrogens (tertiary/aromatic N) is 2. The number of carbonyl (C=O) groups is 1. The summed E-state index contributed by atoms with van der Waals surface area (Å²) in [5.41, 5.74) is 1.08. The number of likely N-dealkylation sites (tertiary alicyclic amines) is 1. The Hall–Kier alpha value is -1.36. The van der Waals surface area contributed by atoms with E-state index >= 15 is 0 Å². The predicted molar refractivity (Wildman–Crippen MR) is 81.9 cm³/mol. The molecule has 2 N–H and O–H groups in total. The van der Waals surface area contributed by atoms with Gasteiger partial charge >= 0.3 is 0 Å². The van der Waals surface area contributed by atoms with Crippen LogP contribution in [-0.2, 0) is 11.2 Å². The minimum absolute atomic E-state index is 0.212. The van der Waals surface area contributed by atoms with E-state index in [1.165, 1.54) is 25.7 Å². The number of rotatable bonds is 5. The minimum atomic E-state index is 0.212. The Morgan fingerprint density at radius 1 is 1.29 bits per heavy atom. The smallest absolute Gasteiger partial charge is 0.223 e. The normalized spacial score (nSPS) is 21.7. The van der Waals surface area contributed by atoms with Crippen molar-refractivity contribution >= 4 is 5.91 Å². The van der Waals surface area contributed by atoms with Crippen LogP contribution in [0.1, 0.15) is 44.2 Å². The van der Waals surface area contributed by atoms with Gasteiger partial charge in [-0.3, -0.25) is 4.79 Å². The second kappa shape index (κ2) is 7.07. The van der Waals surface area contributed by atoms with E-state index in [0.717, 1.165) is 44.1 Å². The van der Waals surface area contributed by atoms with E-state index in [0.29, 0.717) is 6.54 Å². The molecule has 116 valence electrons. The number of aromatic nitrogens is 2. The van der Waals surface area contributed by atoms with Gasteiger partial charge in [0.05, 0.1) is 6.33 Å². The predicted octanol–water partition coefficient (Wildman–Crippen LogP) is 1.72. The Morgan fingerprint density at radius 2 is 2.05 bits per heavy atom.